The third kappa shape index (κ3) is 13.5. The molecule has 0 fully saturated rings. The van der Waals surface area contributed by atoms with E-state index in [9.17, 15) is 17.4 Å². The summed E-state index contributed by atoms with van der Waals surface area (Å²) in [5.41, 5.74) is 0.728. The molecule has 26 heavy (non-hydrogen) atoms. The quantitative estimate of drug-likeness (QED) is 0.284. The maximum atomic E-state index is 11.3. The predicted molar refractivity (Wildman–Crippen MR) is 107 cm³/mol. The zero-order valence-electron chi connectivity index (χ0n) is 15.7. The van der Waals surface area contributed by atoms with E-state index in [0.29, 0.717) is 6.42 Å². The van der Waals surface area contributed by atoms with E-state index in [1.165, 1.54) is 63.9 Å². The molecule has 0 aliphatic carbocycles. The van der Waals surface area contributed by atoms with Gasteiger partial charge >= 0.3 is 0 Å². The molecule has 1 rings (SSSR count). The van der Waals surface area contributed by atoms with E-state index in [0.717, 1.165) is 24.5 Å². The lowest BCUT2D eigenvalue weighted by Crippen LogP contribution is -2.03. The fourth-order valence-corrected chi connectivity index (χ4v) is 3.69. The Kier molecular flexibility index (Phi) is 16.1. The second-order valence-corrected chi connectivity index (χ2v) is 7.97. The van der Waals surface area contributed by atoms with Gasteiger partial charge in [-0.15, -0.1) is 0 Å². The molecular formula is C20H32ClFO3S. The second-order valence-electron chi connectivity index (χ2n) is 6.44. The van der Waals surface area contributed by atoms with Gasteiger partial charge in [0.1, 0.15) is 0 Å². The first-order valence-electron chi connectivity index (χ1n) is 9.49. The molecule has 0 bridgehead atoms. The second kappa shape index (κ2) is 16.5. The summed E-state index contributed by atoms with van der Waals surface area (Å²) in [6.45, 7) is 2.24. The van der Waals surface area contributed by atoms with Crippen molar-refractivity contribution in [2.75, 3.05) is 0 Å². The highest BCUT2D eigenvalue weighted by Gasteiger charge is 2.13. The average Bonchev–Trinajstić information content (AvgIpc) is 2.60. The molecule has 1 N–H and O–H groups in total. The summed E-state index contributed by atoms with van der Waals surface area (Å²) < 4.78 is 41.6. The van der Waals surface area contributed by atoms with E-state index >= 15 is 0 Å². The van der Waals surface area contributed by atoms with Gasteiger partial charge in [0.05, 0.1) is 4.90 Å². The molecule has 0 unspecified atom stereocenters. The molecule has 1 aromatic rings. The largest absolute Gasteiger partial charge is 0.294 e. The number of unbranched alkanes of at least 4 members (excludes halogenated alkanes) is 10. The monoisotopic (exact) mass is 406 g/mol. The Labute approximate surface area is 164 Å². The third-order valence-electron chi connectivity index (χ3n) is 4.30. The smallest absolute Gasteiger partial charge is 0.282 e. The zero-order valence-corrected chi connectivity index (χ0v) is 17.3. The van der Waals surface area contributed by atoms with Crippen LogP contribution in [-0.2, 0) is 16.5 Å². The Morgan fingerprint density at radius 3 is 1.81 bits per heavy atom. The van der Waals surface area contributed by atoms with Crippen molar-refractivity contribution in [1.29, 1.82) is 0 Å². The lowest BCUT2D eigenvalue weighted by Gasteiger charge is -2.07. The van der Waals surface area contributed by atoms with Crippen LogP contribution in [0.4, 0.5) is 4.39 Å². The molecule has 6 heteroatoms. The van der Waals surface area contributed by atoms with Crippen LogP contribution < -0.4 is 0 Å². The van der Waals surface area contributed by atoms with Crippen LogP contribution in [0.15, 0.2) is 29.2 Å². The van der Waals surface area contributed by atoms with E-state index in [2.05, 4.69) is 18.5 Å². The van der Waals surface area contributed by atoms with Gasteiger partial charge in [0.15, 0.2) is 0 Å². The van der Waals surface area contributed by atoms with Gasteiger partial charge in [-0.3, -0.25) is 4.55 Å². The van der Waals surface area contributed by atoms with E-state index in [1.807, 2.05) is 6.07 Å². The minimum atomic E-state index is -4.10. The van der Waals surface area contributed by atoms with Crippen molar-refractivity contribution in [2.24, 2.45) is 0 Å². The molecule has 0 saturated heterocycles. The Morgan fingerprint density at radius 1 is 0.923 bits per heavy atom. The Morgan fingerprint density at radius 2 is 1.35 bits per heavy atom. The van der Waals surface area contributed by atoms with Gasteiger partial charge < -0.3 is 0 Å². The summed E-state index contributed by atoms with van der Waals surface area (Å²) in [4.78, 5) is 0.0621. The minimum absolute atomic E-state index is 0.0621. The molecule has 1 aromatic carbocycles. The summed E-state index contributed by atoms with van der Waals surface area (Å²) >= 11 is 4.08. The molecule has 3 nitrogen and oxygen atoms in total. The standard InChI is InChI=1S/C19H32O3S.CClF/c1-2-3-4-5-6-7-8-9-10-11-12-15-18-16-13-14-17-19(18)23(20,21)22;2-1-3/h13-14,16-17H,2-12,15H2,1H3,(H,20,21,22);. The maximum Gasteiger partial charge on any atom is 0.294 e. The predicted octanol–water partition coefficient (Wildman–Crippen LogP) is 6.98. The fraction of sp³-hybridized carbons (Fsp3) is 0.650. The summed E-state index contributed by atoms with van der Waals surface area (Å²) in [6, 6.07) is 6.73. The minimum Gasteiger partial charge on any atom is -0.282 e. The molecule has 0 aliphatic rings. The highest BCUT2D eigenvalue weighted by atomic mass is 35.5. The van der Waals surface area contributed by atoms with Gasteiger partial charge in [0, 0.05) is 0 Å². The Bertz CT molecular complexity index is 550. The van der Waals surface area contributed by atoms with Crippen molar-refractivity contribution in [2.45, 2.75) is 88.9 Å². The van der Waals surface area contributed by atoms with Crippen molar-refractivity contribution in [3.8, 4) is 0 Å². The average molecular weight is 407 g/mol. The lowest BCUT2D eigenvalue weighted by molar-refractivity contribution is 0.481. The SMILES string of the molecule is CCCCCCCCCCCCCc1ccccc1S(=O)(=O)O.F[C]Cl. The van der Waals surface area contributed by atoms with Gasteiger partial charge in [-0.25, -0.2) is 4.39 Å². The topological polar surface area (TPSA) is 54.4 Å². The van der Waals surface area contributed by atoms with Crippen LogP contribution in [0.25, 0.3) is 0 Å². The molecule has 0 spiro atoms. The van der Waals surface area contributed by atoms with Crippen LogP contribution in [0.3, 0.4) is 0 Å². The van der Waals surface area contributed by atoms with Crippen molar-refractivity contribution >= 4 is 21.7 Å². The van der Waals surface area contributed by atoms with Gasteiger partial charge in [0.25, 0.3) is 16.3 Å². The fourth-order valence-electron chi connectivity index (χ4n) is 2.94. The first kappa shape index (κ1) is 25.4. The van der Waals surface area contributed by atoms with Gasteiger partial charge in [-0.05, 0) is 24.5 Å². The number of hydrogen-bond donors (Lipinski definition) is 1. The van der Waals surface area contributed by atoms with Crippen LogP contribution >= 0.6 is 11.6 Å². The number of benzene rings is 1. The molecule has 0 saturated carbocycles. The van der Waals surface area contributed by atoms with E-state index < -0.39 is 10.1 Å². The van der Waals surface area contributed by atoms with Gasteiger partial charge in [-0.2, -0.15) is 8.42 Å². The number of aryl methyl sites for hydroxylation is 1. The molecule has 0 atom stereocenters. The molecule has 0 aromatic heterocycles. The summed E-state index contributed by atoms with van der Waals surface area (Å²) in [6.07, 6.45) is 15.5. The van der Waals surface area contributed by atoms with Crippen LogP contribution in [0.5, 0.6) is 0 Å². The van der Waals surface area contributed by atoms with E-state index in [-0.39, 0.29) is 4.90 Å². The number of rotatable bonds is 13. The normalized spacial score (nSPS) is 11.1. The van der Waals surface area contributed by atoms with Crippen molar-refractivity contribution in [3.63, 3.8) is 0 Å². The number of hydrogen-bond acceptors (Lipinski definition) is 2. The molecule has 2 radical (unpaired) electrons. The molecule has 0 heterocycles. The molecule has 150 valence electrons. The molecular weight excluding hydrogens is 375 g/mol. The maximum absolute atomic E-state index is 11.3. The van der Waals surface area contributed by atoms with Crippen LogP contribution in [0.1, 0.15) is 83.1 Å². The highest BCUT2D eigenvalue weighted by Crippen LogP contribution is 2.18. The summed E-state index contributed by atoms with van der Waals surface area (Å²) in [5.74, 6) is 0. The van der Waals surface area contributed by atoms with Crippen molar-refractivity contribution in [3.05, 3.63) is 36.0 Å². The summed E-state index contributed by atoms with van der Waals surface area (Å²) in [5, 5.41) is 0. The third-order valence-corrected chi connectivity index (χ3v) is 5.25. The zero-order chi connectivity index (χ0) is 19.7. The Hall–Kier alpha value is -0.650. The first-order valence-corrected chi connectivity index (χ1v) is 11.3. The Balaban J connectivity index is 0.00000194. The summed E-state index contributed by atoms with van der Waals surface area (Å²) in [7, 11) is -4.10. The lowest BCUT2D eigenvalue weighted by atomic mass is 10.0. The highest BCUT2D eigenvalue weighted by molar-refractivity contribution is 7.85. The van der Waals surface area contributed by atoms with Crippen molar-refractivity contribution in [1.82, 2.24) is 0 Å². The van der Waals surface area contributed by atoms with E-state index in [4.69, 9.17) is 0 Å². The van der Waals surface area contributed by atoms with Crippen LogP contribution in [-0.4, -0.2) is 13.0 Å². The van der Waals surface area contributed by atoms with Crippen LogP contribution in [0.2, 0.25) is 0 Å². The number of halogens is 2. The van der Waals surface area contributed by atoms with Crippen LogP contribution in [0, 0.1) is 6.13 Å². The van der Waals surface area contributed by atoms with Gasteiger partial charge in [-0.1, -0.05) is 101 Å². The van der Waals surface area contributed by atoms with Gasteiger partial charge in [0.2, 0.25) is 0 Å². The van der Waals surface area contributed by atoms with E-state index in [1.54, 1.807) is 12.1 Å². The first-order chi connectivity index (χ1) is 12.5. The van der Waals surface area contributed by atoms with Crippen molar-refractivity contribution < 1.29 is 17.4 Å². The molecule has 0 aliphatic heterocycles. The molecule has 0 amide bonds.